The average molecular weight is 326 g/mol. The molecule has 18 heavy (non-hydrogen) atoms. The molecule has 0 saturated carbocycles. The Hall–Kier alpha value is -1.17. The Morgan fingerprint density at radius 3 is 2.50 bits per heavy atom. The first-order valence-corrected chi connectivity index (χ1v) is 7.06. The second-order valence-electron chi connectivity index (χ2n) is 3.73. The molecule has 0 bridgehead atoms. The summed E-state index contributed by atoms with van der Waals surface area (Å²) in [7, 11) is 0. The first-order chi connectivity index (χ1) is 8.69. The molecule has 0 saturated heterocycles. The Labute approximate surface area is 118 Å². The fourth-order valence-corrected chi connectivity index (χ4v) is 2.79. The molecule has 2 aromatic rings. The fourth-order valence-electron chi connectivity index (χ4n) is 1.51. The maximum atomic E-state index is 11.9. The smallest absolute Gasteiger partial charge is 0.265 e. The third kappa shape index (κ3) is 3.41. The van der Waals surface area contributed by atoms with E-state index < -0.39 is 0 Å². The van der Waals surface area contributed by atoms with Crippen molar-refractivity contribution in [2.24, 2.45) is 0 Å². The zero-order valence-corrected chi connectivity index (χ0v) is 11.9. The second kappa shape index (κ2) is 6.13. The third-order valence-corrected chi connectivity index (χ3v) is 4.03. The Morgan fingerprint density at radius 2 is 1.94 bits per heavy atom. The number of carbonyl (C=O) groups excluding carboxylic acids is 1. The largest absolute Gasteiger partial charge is 0.396 e. The molecule has 5 heteroatoms. The van der Waals surface area contributed by atoms with Crippen LogP contribution >= 0.6 is 27.3 Å². The van der Waals surface area contributed by atoms with Crippen molar-refractivity contribution in [3.05, 3.63) is 50.6 Å². The van der Waals surface area contributed by atoms with Crippen LogP contribution < -0.4 is 5.32 Å². The molecule has 1 amide bonds. The molecule has 0 unspecified atom stereocenters. The molecule has 0 aliphatic heterocycles. The highest BCUT2D eigenvalue weighted by atomic mass is 79.9. The van der Waals surface area contributed by atoms with Gasteiger partial charge in [-0.05, 0) is 52.2 Å². The number of hydrogen-bond donors (Lipinski definition) is 2. The molecule has 2 rings (SSSR count). The summed E-state index contributed by atoms with van der Waals surface area (Å²) in [5.74, 6) is -0.111. The van der Waals surface area contributed by atoms with Gasteiger partial charge in [0.25, 0.3) is 5.91 Å². The van der Waals surface area contributed by atoms with Gasteiger partial charge in [-0.25, -0.2) is 0 Å². The van der Waals surface area contributed by atoms with Crippen LogP contribution in [0.5, 0.6) is 0 Å². The second-order valence-corrected chi connectivity index (χ2v) is 6.19. The van der Waals surface area contributed by atoms with E-state index in [1.165, 1.54) is 11.3 Å². The predicted octanol–water partition coefficient (Wildman–Crippen LogP) is 3.30. The van der Waals surface area contributed by atoms with Gasteiger partial charge in [0.05, 0.1) is 8.66 Å². The Bertz CT molecular complexity index is 536. The van der Waals surface area contributed by atoms with Crippen LogP contribution in [-0.4, -0.2) is 17.6 Å². The topological polar surface area (TPSA) is 49.3 Å². The van der Waals surface area contributed by atoms with Crippen molar-refractivity contribution in [3.8, 4) is 0 Å². The van der Waals surface area contributed by atoms with Crippen LogP contribution in [0.25, 0.3) is 0 Å². The first-order valence-electron chi connectivity index (χ1n) is 5.45. The predicted molar refractivity (Wildman–Crippen MR) is 77.2 cm³/mol. The van der Waals surface area contributed by atoms with E-state index in [-0.39, 0.29) is 12.5 Å². The Kier molecular flexibility index (Phi) is 4.52. The lowest BCUT2D eigenvalue weighted by Crippen LogP contribution is -2.09. The van der Waals surface area contributed by atoms with Crippen molar-refractivity contribution in [2.45, 2.75) is 6.42 Å². The van der Waals surface area contributed by atoms with Crippen molar-refractivity contribution >= 4 is 38.9 Å². The van der Waals surface area contributed by atoms with Crippen LogP contribution in [0.4, 0.5) is 5.69 Å². The average Bonchev–Trinajstić information content (AvgIpc) is 2.79. The lowest BCUT2D eigenvalue weighted by atomic mass is 10.1. The molecule has 0 spiro atoms. The summed E-state index contributed by atoms with van der Waals surface area (Å²) in [6.07, 6.45) is 0.631. The summed E-state index contributed by atoms with van der Waals surface area (Å²) in [5.41, 5.74) is 1.81. The number of anilines is 1. The number of thiophene rings is 1. The number of aliphatic hydroxyl groups excluding tert-OH is 1. The van der Waals surface area contributed by atoms with Gasteiger partial charge in [-0.1, -0.05) is 12.1 Å². The van der Waals surface area contributed by atoms with Gasteiger partial charge in [-0.15, -0.1) is 11.3 Å². The summed E-state index contributed by atoms with van der Waals surface area (Å²) >= 11 is 4.73. The van der Waals surface area contributed by atoms with Gasteiger partial charge in [0.15, 0.2) is 0 Å². The summed E-state index contributed by atoms with van der Waals surface area (Å²) in [5, 5.41) is 11.6. The summed E-state index contributed by atoms with van der Waals surface area (Å²) in [6.45, 7) is 0.134. The first kappa shape index (κ1) is 13.3. The van der Waals surface area contributed by atoms with Crippen LogP contribution in [0, 0.1) is 0 Å². The highest BCUT2D eigenvalue weighted by molar-refractivity contribution is 9.11. The summed E-state index contributed by atoms with van der Waals surface area (Å²) in [6, 6.07) is 11.1. The minimum atomic E-state index is -0.111. The molecule has 0 fully saturated rings. The van der Waals surface area contributed by atoms with Crippen LogP contribution in [0.15, 0.2) is 40.2 Å². The maximum Gasteiger partial charge on any atom is 0.265 e. The van der Waals surface area contributed by atoms with Crippen LogP contribution in [0.3, 0.4) is 0 Å². The lowest BCUT2D eigenvalue weighted by molar-refractivity contribution is 0.103. The monoisotopic (exact) mass is 325 g/mol. The third-order valence-electron chi connectivity index (χ3n) is 2.41. The van der Waals surface area contributed by atoms with Crippen LogP contribution in [0.2, 0.25) is 0 Å². The SMILES string of the molecule is O=C(Nc1ccc(CCO)cc1)c1ccc(Br)s1. The molecule has 2 N–H and O–H groups in total. The van der Waals surface area contributed by atoms with Crippen LogP contribution in [0.1, 0.15) is 15.2 Å². The van der Waals surface area contributed by atoms with Gasteiger partial charge in [0.1, 0.15) is 0 Å². The minimum Gasteiger partial charge on any atom is -0.396 e. The number of halogens is 1. The van der Waals surface area contributed by atoms with Gasteiger partial charge < -0.3 is 10.4 Å². The molecule has 94 valence electrons. The van der Waals surface area contributed by atoms with Crippen molar-refractivity contribution in [2.75, 3.05) is 11.9 Å². The van der Waals surface area contributed by atoms with Crippen LogP contribution in [-0.2, 0) is 6.42 Å². The fraction of sp³-hybridized carbons (Fsp3) is 0.154. The molecule has 0 radical (unpaired) electrons. The highest BCUT2D eigenvalue weighted by Crippen LogP contribution is 2.23. The van der Waals surface area contributed by atoms with E-state index in [2.05, 4.69) is 21.2 Å². The zero-order chi connectivity index (χ0) is 13.0. The van der Waals surface area contributed by atoms with E-state index in [0.29, 0.717) is 11.3 Å². The minimum absolute atomic E-state index is 0.111. The highest BCUT2D eigenvalue weighted by Gasteiger charge is 2.08. The molecule has 1 aromatic heterocycles. The Morgan fingerprint density at radius 1 is 1.22 bits per heavy atom. The molecular formula is C13H12BrNO2S. The number of aliphatic hydroxyl groups is 1. The molecule has 1 heterocycles. The summed E-state index contributed by atoms with van der Waals surface area (Å²) in [4.78, 5) is 12.5. The molecular weight excluding hydrogens is 314 g/mol. The maximum absolute atomic E-state index is 11.9. The molecule has 0 aliphatic rings. The van der Waals surface area contributed by atoms with Crippen molar-refractivity contribution in [1.29, 1.82) is 0 Å². The summed E-state index contributed by atoms with van der Waals surface area (Å²) < 4.78 is 0.936. The number of rotatable bonds is 4. The number of benzene rings is 1. The van der Waals surface area contributed by atoms with Crippen molar-refractivity contribution < 1.29 is 9.90 Å². The number of carbonyl (C=O) groups is 1. The van der Waals surface area contributed by atoms with E-state index >= 15 is 0 Å². The van der Waals surface area contributed by atoms with Gasteiger partial charge in [0.2, 0.25) is 0 Å². The zero-order valence-electron chi connectivity index (χ0n) is 9.52. The van der Waals surface area contributed by atoms with E-state index in [1.54, 1.807) is 6.07 Å². The van der Waals surface area contributed by atoms with Gasteiger partial charge in [-0.3, -0.25) is 4.79 Å². The number of hydrogen-bond acceptors (Lipinski definition) is 3. The van der Waals surface area contributed by atoms with Crippen molar-refractivity contribution in [3.63, 3.8) is 0 Å². The molecule has 3 nitrogen and oxygen atoms in total. The quantitative estimate of drug-likeness (QED) is 0.906. The number of nitrogens with one attached hydrogen (secondary N) is 1. The lowest BCUT2D eigenvalue weighted by Gasteiger charge is -2.04. The van der Waals surface area contributed by atoms with Crippen molar-refractivity contribution in [1.82, 2.24) is 0 Å². The number of amides is 1. The van der Waals surface area contributed by atoms with E-state index in [1.807, 2.05) is 30.3 Å². The van der Waals surface area contributed by atoms with Gasteiger partial charge in [-0.2, -0.15) is 0 Å². The van der Waals surface area contributed by atoms with Gasteiger partial charge >= 0.3 is 0 Å². The molecule has 0 atom stereocenters. The Balaban J connectivity index is 2.03. The normalized spacial score (nSPS) is 10.3. The standard InChI is InChI=1S/C13H12BrNO2S/c14-12-6-5-11(18-12)13(17)15-10-3-1-9(2-4-10)7-8-16/h1-6,16H,7-8H2,(H,15,17). The van der Waals surface area contributed by atoms with E-state index in [4.69, 9.17) is 5.11 Å². The van der Waals surface area contributed by atoms with E-state index in [0.717, 1.165) is 15.0 Å². The van der Waals surface area contributed by atoms with Gasteiger partial charge in [0, 0.05) is 12.3 Å². The molecule has 0 aliphatic carbocycles. The van der Waals surface area contributed by atoms with E-state index in [9.17, 15) is 4.79 Å². The molecule has 1 aromatic carbocycles.